The maximum absolute atomic E-state index is 12.4. The fourth-order valence-corrected chi connectivity index (χ4v) is 6.13. The summed E-state index contributed by atoms with van der Waals surface area (Å²) in [5.41, 5.74) is 9.24. The molecule has 2 aromatic rings. The summed E-state index contributed by atoms with van der Waals surface area (Å²) >= 11 is 0. The molecule has 0 bridgehead atoms. The van der Waals surface area contributed by atoms with Gasteiger partial charge in [0.1, 0.15) is 12.1 Å². The van der Waals surface area contributed by atoms with Crippen LogP contribution in [0.3, 0.4) is 0 Å². The molecule has 216 valence electrons. The SMILES string of the molecule is CC[C@H]1CC[C@H](C2CC=C(c3cnc(-c4ccc(CN(CC(=O)OC(C)(C)C)C(=O)CN)cc4)nc3)CC2)CC1. The van der Waals surface area contributed by atoms with Crippen LogP contribution in [0.25, 0.3) is 17.0 Å². The van der Waals surface area contributed by atoms with Crippen molar-refractivity contribution in [1.29, 1.82) is 0 Å². The zero-order valence-corrected chi connectivity index (χ0v) is 24.7. The topological polar surface area (TPSA) is 98.4 Å². The summed E-state index contributed by atoms with van der Waals surface area (Å²) < 4.78 is 5.38. The van der Waals surface area contributed by atoms with Crippen molar-refractivity contribution in [2.75, 3.05) is 13.1 Å². The van der Waals surface area contributed by atoms with Gasteiger partial charge in [0.05, 0.1) is 6.54 Å². The van der Waals surface area contributed by atoms with Crippen LogP contribution in [0.5, 0.6) is 0 Å². The number of esters is 1. The van der Waals surface area contributed by atoms with Gasteiger partial charge in [-0.3, -0.25) is 9.59 Å². The molecular weight excluding hydrogens is 500 g/mol. The Morgan fingerprint density at radius 2 is 1.65 bits per heavy atom. The van der Waals surface area contributed by atoms with Gasteiger partial charge in [-0.15, -0.1) is 0 Å². The van der Waals surface area contributed by atoms with Crippen LogP contribution >= 0.6 is 0 Å². The van der Waals surface area contributed by atoms with E-state index in [1.54, 1.807) is 20.8 Å². The van der Waals surface area contributed by atoms with Gasteiger partial charge in [0.15, 0.2) is 5.82 Å². The normalized spacial score (nSPS) is 21.4. The van der Waals surface area contributed by atoms with Crippen LogP contribution in [-0.2, 0) is 20.9 Å². The van der Waals surface area contributed by atoms with E-state index in [-0.39, 0.29) is 25.5 Å². The Hall–Kier alpha value is -3.06. The number of rotatable bonds is 9. The van der Waals surface area contributed by atoms with E-state index in [4.69, 9.17) is 10.5 Å². The molecule has 0 radical (unpaired) electrons. The van der Waals surface area contributed by atoms with Gasteiger partial charge in [0.25, 0.3) is 0 Å². The van der Waals surface area contributed by atoms with Crippen LogP contribution < -0.4 is 5.73 Å². The highest BCUT2D eigenvalue weighted by molar-refractivity contribution is 5.83. The van der Waals surface area contributed by atoms with Gasteiger partial charge >= 0.3 is 5.97 Å². The van der Waals surface area contributed by atoms with Gasteiger partial charge in [-0.25, -0.2) is 9.97 Å². The molecule has 0 spiro atoms. The minimum Gasteiger partial charge on any atom is -0.459 e. The van der Waals surface area contributed by atoms with Gasteiger partial charge in [0, 0.05) is 30.1 Å². The van der Waals surface area contributed by atoms with Crippen LogP contribution in [0.2, 0.25) is 0 Å². The van der Waals surface area contributed by atoms with Crippen LogP contribution in [0, 0.1) is 17.8 Å². The van der Waals surface area contributed by atoms with Gasteiger partial charge in [0.2, 0.25) is 5.91 Å². The Kier molecular flexibility index (Phi) is 10.1. The molecule has 2 N–H and O–H groups in total. The molecule has 7 heteroatoms. The van der Waals surface area contributed by atoms with E-state index in [2.05, 4.69) is 23.0 Å². The van der Waals surface area contributed by atoms with E-state index in [1.807, 2.05) is 36.7 Å². The molecule has 0 aliphatic heterocycles. The summed E-state index contributed by atoms with van der Waals surface area (Å²) in [6.45, 7) is 7.69. The van der Waals surface area contributed by atoms with Crippen molar-refractivity contribution in [2.24, 2.45) is 23.5 Å². The molecule has 1 aromatic heterocycles. The van der Waals surface area contributed by atoms with Crippen molar-refractivity contribution >= 4 is 17.4 Å². The monoisotopic (exact) mass is 546 g/mol. The number of nitrogens with zero attached hydrogens (tertiary/aromatic N) is 3. The van der Waals surface area contributed by atoms with E-state index in [9.17, 15) is 9.59 Å². The second-order valence-electron chi connectivity index (χ2n) is 12.5. The molecule has 1 unspecified atom stereocenters. The third-order valence-corrected chi connectivity index (χ3v) is 8.46. The molecule has 40 heavy (non-hydrogen) atoms. The minimum absolute atomic E-state index is 0.143. The fraction of sp³-hybridized carbons (Fsp3) is 0.576. The molecule has 7 nitrogen and oxygen atoms in total. The third kappa shape index (κ3) is 8.23. The maximum Gasteiger partial charge on any atom is 0.326 e. The molecule has 1 heterocycles. The first-order valence-electron chi connectivity index (χ1n) is 15.0. The lowest BCUT2D eigenvalue weighted by Crippen LogP contribution is -2.41. The number of hydrogen-bond donors (Lipinski definition) is 1. The number of allylic oxidation sites excluding steroid dienone is 2. The van der Waals surface area contributed by atoms with Crippen molar-refractivity contribution in [3.8, 4) is 11.4 Å². The smallest absolute Gasteiger partial charge is 0.326 e. The summed E-state index contributed by atoms with van der Waals surface area (Å²) in [7, 11) is 0. The number of carbonyl (C=O) groups excluding carboxylic acids is 2. The average molecular weight is 547 g/mol. The lowest BCUT2D eigenvalue weighted by molar-refractivity contribution is -0.158. The summed E-state index contributed by atoms with van der Waals surface area (Å²) in [6.07, 6.45) is 16.9. The summed E-state index contributed by atoms with van der Waals surface area (Å²) in [5.74, 6) is 2.60. The maximum atomic E-state index is 12.4. The van der Waals surface area contributed by atoms with Crippen molar-refractivity contribution < 1.29 is 14.3 Å². The number of aromatic nitrogens is 2. The summed E-state index contributed by atoms with van der Waals surface area (Å²) in [4.78, 5) is 35.4. The summed E-state index contributed by atoms with van der Waals surface area (Å²) in [5, 5.41) is 0. The lowest BCUT2D eigenvalue weighted by atomic mass is 9.71. The molecule has 1 aromatic carbocycles. The van der Waals surface area contributed by atoms with Crippen LogP contribution in [0.1, 0.15) is 90.2 Å². The predicted molar refractivity (Wildman–Crippen MR) is 159 cm³/mol. The van der Waals surface area contributed by atoms with Gasteiger partial charge in [-0.2, -0.15) is 0 Å². The first-order valence-corrected chi connectivity index (χ1v) is 15.0. The van der Waals surface area contributed by atoms with E-state index in [0.717, 1.165) is 40.9 Å². The Bertz CT molecular complexity index is 1160. The van der Waals surface area contributed by atoms with E-state index >= 15 is 0 Å². The van der Waals surface area contributed by atoms with Gasteiger partial charge in [-0.05, 0) is 81.8 Å². The Labute approximate surface area is 239 Å². The molecule has 2 aliphatic carbocycles. The molecule has 0 saturated heterocycles. The second-order valence-corrected chi connectivity index (χ2v) is 12.5. The minimum atomic E-state index is -0.616. The number of nitrogens with two attached hydrogens (primary N) is 1. The van der Waals surface area contributed by atoms with Crippen molar-refractivity contribution in [2.45, 2.75) is 91.2 Å². The Morgan fingerprint density at radius 3 is 2.20 bits per heavy atom. The Morgan fingerprint density at radius 1 is 0.975 bits per heavy atom. The molecule has 1 saturated carbocycles. The number of amides is 1. The lowest BCUT2D eigenvalue weighted by Gasteiger charge is -2.35. The average Bonchev–Trinajstić information content (AvgIpc) is 2.96. The molecule has 1 atom stereocenters. The molecule has 1 fully saturated rings. The van der Waals surface area contributed by atoms with Crippen molar-refractivity contribution in [3.05, 3.63) is 53.9 Å². The van der Waals surface area contributed by atoms with Crippen LogP contribution in [0.4, 0.5) is 0 Å². The standard InChI is InChI=1S/C33H46N4O3/c1-5-23-6-10-25(11-7-23)26-14-16-27(17-15-26)29-19-35-32(36-20-29)28-12-8-24(9-13-28)21-37(30(38)18-34)22-31(39)40-33(2,3)4/h8-9,12-13,16,19-20,23,25-26H,5-7,10-11,14-15,17-18,21-22,34H2,1-4H3/t23-,25-,26?. The zero-order valence-electron chi connectivity index (χ0n) is 24.7. The van der Waals surface area contributed by atoms with E-state index in [1.165, 1.54) is 55.4 Å². The Balaban J connectivity index is 1.34. The number of hydrogen-bond acceptors (Lipinski definition) is 6. The van der Waals surface area contributed by atoms with Crippen LogP contribution in [0.15, 0.2) is 42.7 Å². The quantitative estimate of drug-likeness (QED) is 0.378. The van der Waals surface area contributed by atoms with E-state index in [0.29, 0.717) is 5.82 Å². The summed E-state index contributed by atoms with van der Waals surface area (Å²) in [6, 6.07) is 7.74. The largest absolute Gasteiger partial charge is 0.459 e. The predicted octanol–water partition coefficient (Wildman–Crippen LogP) is 6.17. The number of ether oxygens (including phenoxy) is 1. The molecule has 1 amide bonds. The number of carbonyl (C=O) groups is 2. The third-order valence-electron chi connectivity index (χ3n) is 8.46. The van der Waals surface area contributed by atoms with Gasteiger partial charge in [-0.1, -0.05) is 56.5 Å². The highest BCUT2D eigenvalue weighted by Gasteiger charge is 2.28. The number of benzene rings is 1. The highest BCUT2D eigenvalue weighted by atomic mass is 16.6. The second kappa shape index (κ2) is 13.5. The first-order chi connectivity index (χ1) is 19.1. The zero-order chi connectivity index (χ0) is 28.7. The van der Waals surface area contributed by atoms with Gasteiger partial charge < -0.3 is 15.4 Å². The highest BCUT2D eigenvalue weighted by Crippen LogP contribution is 2.41. The molecule has 2 aliphatic rings. The fourth-order valence-electron chi connectivity index (χ4n) is 6.13. The molecular formula is C33H46N4O3. The van der Waals surface area contributed by atoms with Crippen LogP contribution in [-0.4, -0.2) is 45.4 Å². The van der Waals surface area contributed by atoms with E-state index < -0.39 is 11.6 Å². The van der Waals surface area contributed by atoms with Crippen molar-refractivity contribution in [3.63, 3.8) is 0 Å². The first kappa shape index (κ1) is 29.9. The molecule has 4 rings (SSSR count). The van der Waals surface area contributed by atoms with Crippen molar-refractivity contribution in [1.82, 2.24) is 14.9 Å².